The smallest absolute Gasteiger partial charge is 0.247 e. The molecule has 0 atom stereocenters. The molecular weight excluding hydrogens is 392 g/mol. The summed E-state index contributed by atoms with van der Waals surface area (Å²) in [6, 6.07) is 7.38. The van der Waals surface area contributed by atoms with E-state index in [1.165, 1.54) is 32.3 Å². The van der Waals surface area contributed by atoms with Crippen molar-refractivity contribution in [1.29, 1.82) is 0 Å². The Bertz CT molecular complexity index is 824. The Labute approximate surface area is 174 Å². The number of carbonyl (C=O) groups is 2. The van der Waals surface area contributed by atoms with Gasteiger partial charge in [0, 0.05) is 17.5 Å². The van der Waals surface area contributed by atoms with Crippen molar-refractivity contribution in [1.82, 2.24) is 10.2 Å². The van der Waals surface area contributed by atoms with E-state index >= 15 is 0 Å². The van der Waals surface area contributed by atoms with Crippen molar-refractivity contribution >= 4 is 29.2 Å². The Morgan fingerprint density at radius 3 is 2.34 bits per heavy atom. The number of likely N-dealkylation sites (N-methyl/N-ethyl adjacent to an activating group) is 1. The Morgan fingerprint density at radius 1 is 1.14 bits per heavy atom. The zero-order chi connectivity index (χ0) is 21.2. The molecule has 0 fully saturated rings. The summed E-state index contributed by atoms with van der Waals surface area (Å²) < 4.78 is 15.9. The average molecular weight is 419 g/mol. The fourth-order valence-corrected chi connectivity index (χ4v) is 3.29. The molecule has 7 nitrogen and oxygen atoms in total. The molecule has 0 aliphatic rings. The number of carbonyl (C=O) groups excluding carboxylic acids is 2. The molecule has 0 radical (unpaired) electrons. The first-order valence-corrected chi connectivity index (χ1v) is 9.96. The average Bonchev–Trinajstić information content (AvgIpc) is 3.27. The first-order valence-electron chi connectivity index (χ1n) is 9.08. The van der Waals surface area contributed by atoms with Gasteiger partial charge in [-0.05, 0) is 42.1 Å². The normalized spacial score (nSPS) is 10.6. The van der Waals surface area contributed by atoms with E-state index in [-0.39, 0.29) is 18.4 Å². The van der Waals surface area contributed by atoms with Gasteiger partial charge in [-0.25, -0.2) is 0 Å². The third-order valence-electron chi connectivity index (χ3n) is 4.17. The zero-order valence-electron chi connectivity index (χ0n) is 17.1. The van der Waals surface area contributed by atoms with Crippen molar-refractivity contribution < 1.29 is 23.8 Å². The van der Waals surface area contributed by atoms with E-state index in [4.69, 9.17) is 14.2 Å². The van der Waals surface area contributed by atoms with Crippen LogP contribution in [-0.2, 0) is 16.1 Å². The van der Waals surface area contributed by atoms with Gasteiger partial charge in [-0.2, -0.15) is 0 Å². The minimum Gasteiger partial charge on any atom is -0.493 e. The second kappa shape index (κ2) is 11.1. The van der Waals surface area contributed by atoms with Crippen LogP contribution in [0.4, 0.5) is 0 Å². The van der Waals surface area contributed by atoms with Crippen LogP contribution in [0.15, 0.2) is 35.7 Å². The van der Waals surface area contributed by atoms with Gasteiger partial charge < -0.3 is 24.4 Å². The molecule has 0 bridgehead atoms. The van der Waals surface area contributed by atoms with Crippen LogP contribution in [0.25, 0.3) is 6.08 Å². The summed E-state index contributed by atoms with van der Waals surface area (Å²) in [6.45, 7) is 2.71. The molecule has 1 N–H and O–H groups in total. The van der Waals surface area contributed by atoms with Crippen molar-refractivity contribution in [2.75, 3.05) is 34.4 Å². The molecule has 2 amide bonds. The zero-order valence-corrected chi connectivity index (χ0v) is 17.9. The molecule has 156 valence electrons. The first kappa shape index (κ1) is 22.3. The molecule has 2 rings (SSSR count). The highest BCUT2D eigenvalue weighted by atomic mass is 32.1. The van der Waals surface area contributed by atoms with E-state index in [1.54, 1.807) is 29.5 Å². The Hall–Kier alpha value is -3.00. The Balaban J connectivity index is 2.02. The van der Waals surface area contributed by atoms with Crippen molar-refractivity contribution in [2.24, 2.45) is 0 Å². The first-order chi connectivity index (χ1) is 14.0. The van der Waals surface area contributed by atoms with E-state index in [2.05, 4.69) is 5.32 Å². The van der Waals surface area contributed by atoms with E-state index in [9.17, 15) is 9.59 Å². The predicted octanol–water partition coefficient (Wildman–Crippen LogP) is 2.95. The summed E-state index contributed by atoms with van der Waals surface area (Å²) in [5.74, 6) is 1.02. The maximum absolute atomic E-state index is 12.5. The topological polar surface area (TPSA) is 77.1 Å². The van der Waals surface area contributed by atoms with Gasteiger partial charge in [0.25, 0.3) is 0 Å². The lowest BCUT2D eigenvalue weighted by Crippen LogP contribution is -2.39. The summed E-state index contributed by atoms with van der Waals surface area (Å²) >= 11 is 1.57. The quantitative estimate of drug-likeness (QED) is 0.601. The predicted molar refractivity (Wildman–Crippen MR) is 114 cm³/mol. The third kappa shape index (κ3) is 6.25. The van der Waals surface area contributed by atoms with Crippen LogP contribution < -0.4 is 19.5 Å². The molecule has 8 heteroatoms. The largest absolute Gasteiger partial charge is 0.493 e. The number of nitrogens with zero attached hydrogens (tertiary/aromatic N) is 1. The SMILES string of the molecule is CCN(CC(=O)NCc1cccs1)C(=O)C=Cc1cc(OC)c(OC)c(OC)c1. The molecule has 1 heterocycles. The number of thiophene rings is 1. The molecule has 0 saturated heterocycles. The van der Waals surface area contributed by atoms with E-state index in [0.717, 1.165) is 4.88 Å². The monoisotopic (exact) mass is 418 g/mol. The van der Waals surface area contributed by atoms with Crippen molar-refractivity contribution in [3.63, 3.8) is 0 Å². The van der Waals surface area contributed by atoms with Gasteiger partial charge in [0.2, 0.25) is 17.6 Å². The van der Waals surface area contributed by atoms with Crippen molar-refractivity contribution in [2.45, 2.75) is 13.5 Å². The highest BCUT2D eigenvalue weighted by Gasteiger charge is 2.15. The van der Waals surface area contributed by atoms with Crippen LogP contribution in [0.3, 0.4) is 0 Å². The summed E-state index contributed by atoms with van der Waals surface area (Å²) in [4.78, 5) is 27.2. The summed E-state index contributed by atoms with van der Waals surface area (Å²) in [6.07, 6.45) is 3.08. The summed E-state index contributed by atoms with van der Waals surface area (Å²) in [7, 11) is 4.59. The number of hydrogen-bond donors (Lipinski definition) is 1. The summed E-state index contributed by atoms with van der Waals surface area (Å²) in [5, 5.41) is 4.78. The fraction of sp³-hybridized carbons (Fsp3) is 0.333. The van der Waals surface area contributed by atoms with Gasteiger partial charge in [-0.15, -0.1) is 11.3 Å². The minimum absolute atomic E-state index is 0.000301. The number of methoxy groups -OCH3 is 3. The van der Waals surface area contributed by atoms with Crippen LogP contribution in [0.2, 0.25) is 0 Å². The standard InChI is InChI=1S/C21H26N2O5S/c1-5-23(14-19(24)22-13-16-7-6-10-29-16)20(25)9-8-15-11-17(26-2)21(28-4)18(12-15)27-3/h6-12H,5,13-14H2,1-4H3,(H,22,24). The highest BCUT2D eigenvalue weighted by molar-refractivity contribution is 7.09. The molecule has 29 heavy (non-hydrogen) atoms. The van der Waals surface area contributed by atoms with E-state index < -0.39 is 0 Å². The fourth-order valence-electron chi connectivity index (χ4n) is 2.64. The molecule has 0 aliphatic heterocycles. The van der Waals surface area contributed by atoms with Crippen LogP contribution in [-0.4, -0.2) is 51.1 Å². The molecule has 0 aliphatic carbocycles. The lowest BCUT2D eigenvalue weighted by molar-refractivity contribution is -0.132. The molecule has 2 aromatic rings. The van der Waals surface area contributed by atoms with Gasteiger partial charge in [0.1, 0.15) is 0 Å². The maximum Gasteiger partial charge on any atom is 0.247 e. The number of benzene rings is 1. The third-order valence-corrected chi connectivity index (χ3v) is 5.05. The Morgan fingerprint density at radius 2 is 1.83 bits per heavy atom. The van der Waals surface area contributed by atoms with Gasteiger partial charge in [0.05, 0.1) is 34.4 Å². The van der Waals surface area contributed by atoms with E-state index in [1.807, 2.05) is 24.4 Å². The number of nitrogens with one attached hydrogen (secondary N) is 1. The van der Waals surface area contributed by atoms with Gasteiger partial charge in [0.15, 0.2) is 11.5 Å². The van der Waals surface area contributed by atoms with Gasteiger partial charge in [-0.3, -0.25) is 9.59 Å². The van der Waals surface area contributed by atoms with Crippen LogP contribution >= 0.6 is 11.3 Å². The van der Waals surface area contributed by atoms with Gasteiger partial charge in [-0.1, -0.05) is 6.07 Å². The van der Waals surface area contributed by atoms with Crippen molar-refractivity contribution in [3.05, 3.63) is 46.2 Å². The van der Waals surface area contributed by atoms with Crippen molar-refractivity contribution in [3.8, 4) is 17.2 Å². The molecule has 0 saturated carbocycles. The molecule has 1 aromatic heterocycles. The number of amides is 2. The second-order valence-electron chi connectivity index (χ2n) is 6.00. The van der Waals surface area contributed by atoms with Crippen LogP contribution in [0.5, 0.6) is 17.2 Å². The minimum atomic E-state index is -0.257. The molecule has 0 spiro atoms. The maximum atomic E-state index is 12.5. The van der Waals surface area contributed by atoms with E-state index in [0.29, 0.717) is 35.9 Å². The number of hydrogen-bond acceptors (Lipinski definition) is 6. The second-order valence-corrected chi connectivity index (χ2v) is 7.03. The van der Waals surface area contributed by atoms with Gasteiger partial charge >= 0.3 is 0 Å². The molecule has 1 aromatic carbocycles. The summed E-state index contributed by atoms with van der Waals surface area (Å²) in [5.41, 5.74) is 0.714. The molecular formula is C21H26N2O5S. The molecule has 0 unspecified atom stereocenters. The van der Waals surface area contributed by atoms with Crippen LogP contribution in [0, 0.1) is 0 Å². The van der Waals surface area contributed by atoms with Crippen LogP contribution in [0.1, 0.15) is 17.4 Å². The number of ether oxygens (including phenoxy) is 3. The Kier molecular flexibility index (Phi) is 8.54. The lowest BCUT2D eigenvalue weighted by Gasteiger charge is -2.18. The number of rotatable bonds is 10. The lowest BCUT2D eigenvalue weighted by atomic mass is 10.1. The highest BCUT2D eigenvalue weighted by Crippen LogP contribution is 2.38.